The summed E-state index contributed by atoms with van der Waals surface area (Å²) in [5.41, 5.74) is 0.896. The molecule has 0 saturated carbocycles. The minimum absolute atomic E-state index is 0.0214. The summed E-state index contributed by atoms with van der Waals surface area (Å²) in [5, 5.41) is 3.05. The predicted molar refractivity (Wildman–Crippen MR) is 127 cm³/mol. The van der Waals surface area contributed by atoms with Gasteiger partial charge in [0.1, 0.15) is 11.4 Å². The Morgan fingerprint density at radius 3 is 2.88 bits per heavy atom. The molecule has 2 aliphatic rings. The van der Waals surface area contributed by atoms with Crippen molar-refractivity contribution in [3.05, 3.63) is 53.6 Å². The second-order valence-electron chi connectivity index (χ2n) is 8.92. The van der Waals surface area contributed by atoms with Gasteiger partial charge in [-0.1, -0.05) is 23.7 Å². The molecule has 0 bridgehead atoms. The van der Waals surface area contributed by atoms with Crippen LogP contribution in [0.25, 0.3) is 11.1 Å². The standard InChI is InChI=1S/C25H26FN3O3S/c1-5-6-16-11-18(14-27-13-16)17-7-8-21(26)20(12-17)25-19(9-10-31-25)15-33-22(29-25)28-23(30)32-24(2,3)4/h7-8,11-14,19H,9-10,15H2,1-4H3,(H,28,29,30). The van der Waals surface area contributed by atoms with Crippen molar-refractivity contribution in [3.8, 4) is 23.0 Å². The lowest BCUT2D eigenvalue weighted by Gasteiger charge is -2.35. The lowest BCUT2D eigenvalue weighted by molar-refractivity contribution is -0.0173. The molecule has 1 N–H and O–H groups in total. The zero-order valence-corrected chi connectivity index (χ0v) is 19.9. The first-order valence-corrected chi connectivity index (χ1v) is 11.7. The van der Waals surface area contributed by atoms with Crippen LogP contribution in [-0.4, -0.2) is 34.2 Å². The van der Waals surface area contributed by atoms with Crippen LogP contribution in [0.4, 0.5) is 9.18 Å². The van der Waals surface area contributed by atoms with E-state index in [0.29, 0.717) is 23.1 Å². The van der Waals surface area contributed by atoms with Crippen molar-refractivity contribution in [2.24, 2.45) is 10.9 Å². The molecular formula is C25H26FN3O3S. The van der Waals surface area contributed by atoms with E-state index in [4.69, 9.17) is 14.5 Å². The number of alkyl carbamates (subject to hydrolysis) is 1. The van der Waals surface area contributed by atoms with E-state index < -0.39 is 23.2 Å². The average molecular weight is 468 g/mol. The number of ether oxygens (including phenoxy) is 2. The zero-order chi connectivity index (χ0) is 23.6. The van der Waals surface area contributed by atoms with Crippen LogP contribution < -0.4 is 5.32 Å². The summed E-state index contributed by atoms with van der Waals surface area (Å²) in [6.45, 7) is 7.59. The van der Waals surface area contributed by atoms with E-state index in [-0.39, 0.29) is 5.92 Å². The van der Waals surface area contributed by atoms with Crippen LogP contribution in [0.1, 0.15) is 45.2 Å². The van der Waals surface area contributed by atoms with E-state index >= 15 is 4.39 Å². The van der Waals surface area contributed by atoms with Gasteiger partial charge < -0.3 is 9.47 Å². The number of benzene rings is 1. The van der Waals surface area contributed by atoms with Crippen LogP contribution >= 0.6 is 11.8 Å². The van der Waals surface area contributed by atoms with Gasteiger partial charge in [0.2, 0.25) is 0 Å². The number of thioether (sulfide) groups is 1. The van der Waals surface area contributed by atoms with Gasteiger partial charge in [-0.25, -0.2) is 14.2 Å². The summed E-state index contributed by atoms with van der Waals surface area (Å²) in [5.74, 6) is 6.07. The Morgan fingerprint density at radius 2 is 2.12 bits per heavy atom. The molecule has 2 unspecified atom stereocenters. The topological polar surface area (TPSA) is 72.8 Å². The third kappa shape index (κ3) is 5.05. The first kappa shape index (κ1) is 23.3. The number of hydrogen-bond donors (Lipinski definition) is 1. The average Bonchev–Trinajstić information content (AvgIpc) is 3.17. The summed E-state index contributed by atoms with van der Waals surface area (Å²) in [6, 6.07) is 6.81. The number of nitrogens with zero attached hydrogens (tertiary/aromatic N) is 2. The highest BCUT2D eigenvalue weighted by molar-refractivity contribution is 8.13. The van der Waals surface area contributed by atoms with Gasteiger partial charge in [0.15, 0.2) is 10.9 Å². The van der Waals surface area contributed by atoms with E-state index in [2.05, 4.69) is 22.1 Å². The Hall–Kier alpha value is -2.89. The van der Waals surface area contributed by atoms with Crippen molar-refractivity contribution in [1.82, 2.24) is 10.3 Å². The Balaban J connectivity index is 1.72. The van der Waals surface area contributed by atoms with Gasteiger partial charge in [-0.15, -0.1) is 5.92 Å². The van der Waals surface area contributed by atoms with Gasteiger partial charge in [-0.2, -0.15) is 0 Å². The molecule has 33 heavy (non-hydrogen) atoms. The highest BCUT2D eigenvalue weighted by Gasteiger charge is 2.50. The predicted octanol–water partition coefficient (Wildman–Crippen LogP) is 5.08. The number of carbonyl (C=O) groups is 1. The van der Waals surface area contributed by atoms with Crippen molar-refractivity contribution in [1.29, 1.82) is 0 Å². The van der Waals surface area contributed by atoms with Crippen molar-refractivity contribution in [3.63, 3.8) is 0 Å². The van der Waals surface area contributed by atoms with Crippen LogP contribution in [-0.2, 0) is 15.2 Å². The van der Waals surface area contributed by atoms with Crippen LogP contribution in [0.3, 0.4) is 0 Å². The van der Waals surface area contributed by atoms with Crippen molar-refractivity contribution >= 4 is 23.0 Å². The molecule has 3 heterocycles. The number of halogens is 1. The summed E-state index contributed by atoms with van der Waals surface area (Å²) < 4.78 is 26.7. The molecule has 172 valence electrons. The number of carbonyl (C=O) groups excluding carboxylic acids is 1. The maximum Gasteiger partial charge on any atom is 0.413 e. The number of aromatic nitrogens is 1. The minimum atomic E-state index is -1.20. The van der Waals surface area contributed by atoms with Gasteiger partial charge in [-0.3, -0.25) is 10.3 Å². The van der Waals surface area contributed by atoms with Crippen LogP contribution in [0.2, 0.25) is 0 Å². The molecule has 1 aromatic heterocycles. The van der Waals surface area contributed by atoms with Gasteiger partial charge >= 0.3 is 6.09 Å². The maximum absolute atomic E-state index is 15.2. The highest BCUT2D eigenvalue weighted by Crippen LogP contribution is 2.48. The second kappa shape index (κ2) is 9.16. The molecule has 8 heteroatoms. The van der Waals surface area contributed by atoms with Crippen LogP contribution in [0, 0.1) is 23.6 Å². The maximum atomic E-state index is 15.2. The van der Waals surface area contributed by atoms with Crippen molar-refractivity contribution in [2.45, 2.75) is 45.4 Å². The fourth-order valence-electron chi connectivity index (χ4n) is 3.96. The molecule has 0 spiro atoms. The zero-order valence-electron chi connectivity index (χ0n) is 19.1. The third-order valence-corrected chi connectivity index (χ3v) is 6.37. The summed E-state index contributed by atoms with van der Waals surface area (Å²) in [4.78, 5) is 21.3. The molecule has 4 rings (SSSR count). The molecule has 2 aliphatic heterocycles. The molecule has 1 saturated heterocycles. The second-order valence-corrected chi connectivity index (χ2v) is 9.93. The molecule has 1 aromatic carbocycles. The quantitative estimate of drug-likeness (QED) is 0.624. The molecule has 0 radical (unpaired) electrons. The van der Waals surface area contributed by atoms with Gasteiger partial charge in [0.05, 0.1) is 6.61 Å². The Kier molecular flexibility index (Phi) is 6.46. The SMILES string of the molecule is CC#Cc1cncc(-c2ccc(F)c(C34N=C(NC(=O)OC(C)(C)C)SCC3CCO4)c2)c1. The number of nitrogens with one attached hydrogen (secondary N) is 1. The van der Waals surface area contributed by atoms with Gasteiger partial charge in [-0.05, 0) is 57.9 Å². The molecule has 6 nitrogen and oxygen atoms in total. The number of pyridine rings is 1. The molecular weight excluding hydrogens is 441 g/mol. The van der Waals surface area contributed by atoms with Gasteiger partial charge in [0, 0.05) is 40.8 Å². The Labute approximate surface area is 197 Å². The van der Waals surface area contributed by atoms with E-state index in [1.807, 2.05) is 6.07 Å². The van der Waals surface area contributed by atoms with Crippen LogP contribution in [0.5, 0.6) is 0 Å². The first-order chi connectivity index (χ1) is 15.7. The van der Waals surface area contributed by atoms with E-state index in [9.17, 15) is 4.79 Å². The molecule has 0 aliphatic carbocycles. The lowest BCUT2D eigenvalue weighted by atomic mass is 9.88. The van der Waals surface area contributed by atoms with E-state index in [1.165, 1.54) is 17.8 Å². The largest absolute Gasteiger partial charge is 0.444 e. The number of amides is 1. The number of aliphatic imine (C=N–C) groups is 1. The summed E-state index contributed by atoms with van der Waals surface area (Å²) in [6.07, 6.45) is 3.56. The van der Waals surface area contributed by atoms with Gasteiger partial charge in [0.25, 0.3) is 0 Å². The fourth-order valence-corrected chi connectivity index (χ4v) is 5.06. The Bertz CT molecular complexity index is 1170. The number of fused-ring (bicyclic) bond motifs is 1. The Morgan fingerprint density at radius 1 is 1.30 bits per heavy atom. The third-order valence-electron chi connectivity index (χ3n) is 5.33. The van der Waals surface area contributed by atoms with Crippen molar-refractivity contribution in [2.75, 3.05) is 12.4 Å². The smallest absolute Gasteiger partial charge is 0.413 e. The molecule has 2 atom stereocenters. The molecule has 2 aromatic rings. The van der Waals surface area contributed by atoms with Crippen molar-refractivity contribution < 1.29 is 18.7 Å². The normalized spacial score (nSPS) is 22.0. The lowest BCUT2D eigenvalue weighted by Crippen LogP contribution is -2.42. The number of amidine groups is 1. The summed E-state index contributed by atoms with van der Waals surface area (Å²) in [7, 11) is 0. The molecule has 1 fully saturated rings. The number of hydrogen-bond acceptors (Lipinski definition) is 6. The van der Waals surface area contributed by atoms with Crippen LogP contribution in [0.15, 0.2) is 41.7 Å². The highest BCUT2D eigenvalue weighted by atomic mass is 32.2. The monoisotopic (exact) mass is 467 g/mol. The number of rotatable bonds is 2. The molecule has 1 amide bonds. The summed E-state index contributed by atoms with van der Waals surface area (Å²) >= 11 is 1.41. The minimum Gasteiger partial charge on any atom is -0.444 e. The van der Waals surface area contributed by atoms with E-state index in [1.54, 1.807) is 52.2 Å². The van der Waals surface area contributed by atoms with E-state index in [0.717, 1.165) is 23.1 Å². The first-order valence-electron chi connectivity index (χ1n) is 10.7. The fraction of sp³-hybridized carbons (Fsp3) is 0.400.